The van der Waals surface area contributed by atoms with Gasteiger partial charge in [0.15, 0.2) is 0 Å². The van der Waals surface area contributed by atoms with Gasteiger partial charge in [0.05, 0.1) is 18.2 Å². The Kier molecular flexibility index (Phi) is 8.10. The number of benzene rings is 5. The van der Waals surface area contributed by atoms with Crippen molar-refractivity contribution in [1.82, 2.24) is 4.57 Å². The summed E-state index contributed by atoms with van der Waals surface area (Å²) >= 11 is 0. The first-order chi connectivity index (χ1) is 21.4. The second-order valence-electron chi connectivity index (χ2n) is 10.3. The van der Waals surface area contributed by atoms with Crippen molar-refractivity contribution in [3.05, 3.63) is 150 Å². The minimum Gasteiger partial charge on any atom is -0.497 e. The monoisotopic (exact) mass is 583 g/mol. The SMILES string of the molecule is COc1ccc(COc2cccc(-c3ccc4ccn(Cc5cccc(C(=O)Oc6cccc(C(=O)O)c6)c5)c4c3)c2)cc1. The molecule has 0 unspecified atom stereocenters. The smallest absolute Gasteiger partial charge is 0.343 e. The zero-order valence-corrected chi connectivity index (χ0v) is 24.0. The molecule has 0 spiro atoms. The zero-order chi connectivity index (χ0) is 30.5. The van der Waals surface area contributed by atoms with Gasteiger partial charge in [-0.3, -0.25) is 0 Å². The number of aromatic carboxylic acids is 1. The number of rotatable bonds is 10. The number of carboxylic acid groups (broad SMARTS) is 1. The number of carboxylic acids is 1. The van der Waals surface area contributed by atoms with Crippen molar-refractivity contribution in [1.29, 1.82) is 0 Å². The Morgan fingerprint density at radius 2 is 1.43 bits per heavy atom. The zero-order valence-electron chi connectivity index (χ0n) is 24.0. The number of hydrogen-bond acceptors (Lipinski definition) is 5. The van der Waals surface area contributed by atoms with Gasteiger partial charge < -0.3 is 23.9 Å². The summed E-state index contributed by atoms with van der Waals surface area (Å²) in [5.41, 5.74) is 5.58. The number of carbonyl (C=O) groups is 2. The van der Waals surface area contributed by atoms with E-state index in [4.69, 9.17) is 14.2 Å². The van der Waals surface area contributed by atoms with Gasteiger partial charge in [0, 0.05) is 18.3 Å². The number of fused-ring (bicyclic) bond motifs is 1. The summed E-state index contributed by atoms with van der Waals surface area (Å²) in [6.45, 7) is 1.00. The molecule has 7 nitrogen and oxygen atoms in total. The van der Waals surface area contributed by atoms with E-state index >= 15 is 0 Å². The van der Waals surface area contributed by atoms with Crippen molar-refractivity contribution in [2.45, 2.75) is 13.2 Å². The van der Waals surface area contributed by atoms with Crippen LogP contribution in [0, 0.1) is 0 Å². The molecule has 7 heteroatoms. The van der Waals surface area contributed by atoms with Gasteiger partial charge in [-0.25, -0.2) is 9.59 Å². The number of carbonyl (C=O) groups excluding carboxylic acids is 1. The van der Waals surface area contributed by atoms with Crippen LogP contribution in [0.15, 0.2) is 128 Å². The first kappa shape index (κ1) is 28.3. The summed E-state index contributed by atoms with van der Waals surface area (Å²) in [6, 6.07) is 37.4. The maximum absolute atomic E-state index is 12.9. The highest BCUT2D eigenvalue weighted by atomic mass is 16.5. The Hall–Kier alpha value is -5.82. The van der Waals surface area contributed by atoms with E-state index in [1.165, 1.54) is 12.1 Å². The quantitative estimate of drug-likeness (QED) is 0.131. The molecule has 0 bridgehead atoms. The number of ether oxygens (including phenoxy) is 3. The van der Waals surface area contributed by atoms with Crippen LogP contribution >= 0.6 is 0 Å². The van der Waals surface area contributed by atoms with Crippen LogP contribution in [0.2, 0.25) is 0 Å². The molecule has 1 heterocycles. The highest BCUT2D eigenvalue weighted by molar-refractivity contribution is 5.92. The molecule has 5 aromatic carbocycles. The maximum atomic E-state index is 12.9. The Morgan fingerprint density at radius 3 is 2.25 bits per heavy atom. The van der Waals surface area contributed by atoms with E-state index in [9.17, 15) is 14.7 Å². The standard InChI is InChI=1S/C37H29NO6/c1-42-32-15-11-25(12-16-32)24-43-33-9-3-6-28(20-33)29-14-13-27-17-18-38(35(27)22-29)23-26-5-2-8-31(19-26)37(41)44-34-10-4-7-30(21-34)36(39)40/h2-22H,23-24H2,1H3,(H,39,40). The highest BCUT2D eigenvalue weighted by Crippen LogP contribution is 2.29. The van der Waals surface area contributed by atoms with Crippen LogP contribution in [0.3, 0.4) is 0 Å². The van der Waals surface area contributed by atoms with Crippen LogP contribution in [0.1, 0.15) is 31.8 Å². The molecule has 1 N–H and O–H groups in total. The molecule has 0 aliphatic heterocycles. The van der Waals surface area contributed by atoms with Gasteiger partial charge in [0.25, 0.3) is 0 Å². The van der Waals surface area contributed by atoms with Crippen LogP contribution in [0.5, 0.6) is 17.2 Å². The maximum Gasteiger partial charge on any atom is 0.343 e. The molecular formula is C37H29NO6. The van der Waals surface area contributed by atoms with Crippen molar-refractivity contribution in [2.75, 3.05) is 7.11 Å². The normalized spacial score (nSPS) is 10.8. The van der Waals surface area contributed by atoms with Crippen LogP contribution in [0.25, 0.3) is 22.0 Å². The van der Waals surface area contributed by atoms with Crippen molar-refractivity contribution in [3.63, 3.8) is 0 Å². The summed E-state index contributed by atoms with van der Waals surface area (Å²) in [6.07, 6.45) is 2.03. The fourth-order valence-corrected chi connectivity index (χ4v) is 5.01. The second kappa shape index (κ2) is 12.6. The van der Waals surface area contributed by atoms with E-state index in [-0.39, 0.29) is 11.3 Å². The lowest BCUT2D eigenvalue weighted by Gasteiger charge is -2.11. The molecule has 44 heavy (non-hydrogen) atoms. The molecule has 0 saturated heterocycles. The summed E-state index contributed by atoms with van der Waals surface area (Å²) in [5, 5.41) is 10.3. The van der Waals surface area contributed by atoms with E-state index in [0.29, 0.717) is 18.7 Å². The number of hydrogen-bond donors (Lipinski definition) is 1. The Bertz CT molecular complexity index is 1960. The summed E-state index contributed by atoms with van der Waals surface area (Å²) in [5.74, 6) is 0.138. The molecule has 0 atom stereocenters. The third-order valence-electron chi connectivity index (χ3n) is 7.31. The minimum absolute atomic E-state index is 0.0516. The number of esters is 1. The summed E-state index contributed by atoms with van der Waals surface area (Å²) < 4.78 is 18.9. The lowest BCUT2D eigenvalue weighted by Crippen LogP contribution is -2.10. The highest BCUT2D eigenvalue weighted by Gasteiger charge is 2.12. The second-order valence-corrected chi connectivity index (χ2v) is 10.3. The fourth-order valence-electron chi connectivity index (χ4n) is 5.01. The Morgan fingerprint density at radius 1 is 0.682 bits per heavy atom. The van der Waals surface area contributed by atoms with Crippen molar-refractivity contribution >= 4 is 22.8 Å². The summed E-state index contributed by atoms with van der Waals surface area (Å²) in [7, 11) is 1.65. The van der Waals surface area contributed by atoms with E-state index < -0.39 is 11.9 Å². The van der Waals surface area contributed by atoms with E-state index in [0.717, 1.165) is 44.7 Å². The van der Waals surface area contributed by atoms with Gasteiger partial charge in [-0.05, 0) is 94.4 Å². The molecule has 6 rings (SSSR count). The van der Waals surface area contributed by atoms with Crippen molar-refractivity contribution in [2.24, 2.45) is 0 Å². The summed E-state index contributed by atoms with van der Waals surface area (Å²) in [4.78, 5) is 24.1. The van der Waals surface area contributed by atoms with Gasteiger partial charge in [0.2, 0.25) is 0 Å². The Labute approximate surface area is 254 Å². The molecule has 0 amide bonds. The lowest BCUT2D eigenvalue weighted by molar-refractivity contribution is 0.0687. The molecule has 6 aromatic rings. The van der Waals surface area contributed by atoms with E-state index in [1.54, 1.807) is 31.4 Å². The van der Waals surface area contributed by atoms with E-state index in [1.807, 2.05) is 60.8 Å². The van der Waals surface area contributed by atoms with Crippen molar-refractivity contribution in [3.8, 4) is 28.4 Å². The topological polar surface area (TPSA) is 87.0 Å². The lowest BCUT2D eigenvalue weighted by atomic mass is 10.0. The molecule has 0 fully saturated rings. The van der Waals surface area contributed by atoms with Crippen LogP contribution in [0.4, 0.5) is 0 Å². The average molecular weight is 584 g/mol. The number of aromatic nitrogens is 1. The average Bonchev–Trinajstić information content (AvgIpc) is 3.46. The number of methoxy groups -OCH3 is 1. The molecule has 218 valence electrons. The molecule has 1 aromatic heterocycles. The first-order valence-electron chi connectivity index (χ1n) is 14.0. The van der Waals surface area contributed by atoms with Crippen LogP contribution in [-0.4, -0.2) is 28.7 Å². The van der Waals surface area contributed by atoms with Crippen LogP contribution < -0.4 is 14.2 Å². The largest absolute Gasteiger partial charge is 0.497 e. The van der Waals surface area contributed by atoms with E-state index in [2.05, 4.69) is 34.9 Å². The predicted octanol–water partition coefficient (Wildman–Crippen LogP) is 7.86. The van der Waals surface area contributed by atoms with Gasteiger partial charge in [-0.15, -0.1) is 0 Å². The number of nitrogens with zero attached hydrogens (tertiary/aromatic N) is 1. The molecule has 0 saturated carbocycles. The van der Waals surface area contributed by atoms with Crippen molar-refractivity contribution < 1.29 is 28.9 Å². The Balaban J connectivity index is 1.18. The molecule has 0 aliphatic carbocycles. The molecule has 0 radical (unpaired) electrons. The third-order valence-corrected chi connectivity index (χ3v) is 7.31. The fraction of sp³-hybridized carbons (Fsp3) is 0.0811. The van der Waals surface area contributed by atoms with Crippen LogP contribution in [-0.2, 0) is 13.2 Å². The van der Waals surface area contributed by atoms with Gasteiger partial charge >= 0.3 is 11.9 Å². The van der Waals surface area contributed by atoms with Gasteiger partial charge in [-0.2, -0.15) is 0 Å². The van der Waals surface area contributed by atoms with Gasteiger partial charge in [0.1, 0.15) is 23.9 Å². The molecular weight excluding hydrogens is 554 g/mol. The molecule has 0 aliphatic rings. The minimum atomic E-state index is -1.09. The predicted molar refractivity (Wildman–Crippen MR) is 169 cm³/mol. The third kappa shape index (κ3) is 6.47. The van der Waals surface area contributed by atoms with Gasteiger partial charge in [-0.1, -0.05) is 54.6 Å². The first-order valence-corrected chi connectivity index (χ1v) is 14.0.